The predicted octanol–water partition coefficient (Wildman–Crippen LogP) is 0.800. The third-order valence-corrected chi connectivity index (χ3v) is 1.55. The number of hydrogen-bond donors (Lipinski definition) is 1. The minimum Gasteiger partial charge on any atom is -0.492 e. The maximum Gasteiger partial charge on any atom is 0.358 e. The van der Waals surface area contributed by atoms with Gasteiger partial charge in [0, 0.05) is 0 Å². The van der Waals surface area contributed by atoms with Gasteiger partial charge in [-0.3, -0.25) is 0 Å². The van der Waals surface area contributed by atoms with E-state index >= 15 is 0 Å². The van der Waals surface area contributed by atoms with E-state index in [1.165, 1.54) is 7.11 Å². The predicted molar refractivity (Wildman–Crippen MR) is 45.0 cm³/mol. The third-order valence-electron chi connectivity index (χ3n) is 1.55. The van der Waals surface area contributed by atoms with Crippen LogP contribution in [0.1, 0.15) is 22.0 Å². The van der Waals surface area contributed by atoms with Gasteiger partial charge < -0.3 is 9.84 Å². The van der Waals surface area contributed by atoms with Crippen molar-refractivity contribution in [3.63, 3.8) is 0 Å². The number of carboxylic acids is 1. The number of carboxylic acid groups (broad SMARTS) is 1. The van der Waals surface area contributed by atoms with Gasteiger partial charge in [0.2, 0.25) is 0 Å². The fraction of sp³-hybridized carbons (Fsp3) is 0.375. The van der Waals surface area contributed by atoms with Gasteiger partial charge in [-0.25, -0.2) is 14.8 Å². The van der Waals surface area contributed by atoms with Crippen LogP contribution in [0.3, 0.4) is 0 Å². The molecule has 0 aliphatic heterocycles. The second kappa shape index (κ2) is 3.38. The summed E-state index contributed by atoms with van der Waals surface area (Å²) >= 11 is 0. The van der Waals surface area contributed by atoms with Crippen LogP contribution in [-0.4, -0.2) is 28.2 Å². The summed E-state index contributed by atoms with van der Waals surface area (Å²) in [6, 6.07) is 0. The lowest BCUT2D eigenvalue weighted by Crippen LogP contribution is -2.08. The number of nitrogens with zero attached hydrogens (tertiary/aromatic N) is 2. The molecule has 0 unspecified atom stereocenters. The highest BCUT2D eigenvalue weighted by Crippen LogP contribution is 2.19. The van der Waals surface area contributed by atoms with Crippen LogP contribution in [-0.2, 0) is 0 Å². The van der Waals surface area contributed by atoms with Crippen molar-refractivity contribution in [3.05, 3.63) is 17.2 Å². The van der Waals surface area contributed by atoms with Gasteiger partial charge in [0.25, 0.3) is 0 Å². The third kappa shape index (κ3) is 1.74. The number of rotatable bonds is 2. The number of aromatic carboxylic acids is 1. The summed E-state index contributed by atoms with van der Waals surface area (Å²) in [6.07, 6.45) is 0. The second-order valence-electron chi connectivity index (χ2n) is 2.54. The van der Waals surface area contributed by atoms with E-state index in [0.29, 0.717) is 11.5 Å². The van der Waals surface area contributed by atoms with Crippen molar-refractivity contribution in [2.75, 3.05) is 7.11 Å². The van der Waals surface area contributed by atoms with Crippen LogP contribution in [0.5, 0.6) is 5.75 Å². The summed E-state index contributed by atoms with van der Waals surface area (Å²) in [5, 5.41) is 8.78. The van der Waals surface area contributed by atoms with Crippen molar-refractivity contribution in [2.24, 2.45) is 0 Å². The lowest BCUT2D eigenvalue weighted by molar-refractivity contribution is 0.0685. The Labute approximate surface area is 75.4 Å². The maximum atomic E-state index is 10.7. The molecule has 0 spiro atoms. The van der Waals surface area contributed by atoms with Crippen LogP contribution in [0.25, 0.3) is 0 Å². The number of methoxy groups -OCH3 is 1. The highest BCUT2D eigenvalue weighted by atomic mass is 16.5. The van der Waals surface area contributed by atoms with Gasteiger partial charge in [-0.1, -0.05) is 0 Å². The van der Waals surface area contributed by atoms with E-state index in [-0.39, 0.29) is 11.4 Å². The highest BCUT2D eigenvalue weighted by molar-refractivity contribution is 5.88. The van der Waals surface area contributed by atoms with Crippen LogP contribution in [0.4, 0.5) is 0 Å². The summed E-state index contributed by atoms with van der Waals surface area (Å²) in [5.74, 6) is -0.459. The Bertz CT molecular complexity index is 349. The highest BCUT2D eigenvalue weighted by Gasteiger charge is 2.16. The van der Waals surface area contributed by atoms with Crippen LogP contribution in [0, 0.1) is 13.8 Å². The number of carbonyl (C=O) groups is 1. The monoisotopic (exact) mass is 182 g/mol. The molecule has 0 bridgehead atoms. The van der Waals surface area contributed by atoms with Crippen molar-refractivity contribution in [1.29, 1.82) is 0 Å². The number of hydrogen-bond acceptors (Lipinski definition) is 4. The van der Waals surface area contributed by atoms with Gasteiger partial charge in [0.1, 0.15) is 5.82 Å². The summed E-state index contributed by atoms with van der Waals surface area (Å²) in [7, 11) is 1.40. The molecule has 1 rings (SSSR count). The molecule has 0 aromatic carbocycles. The van der Waals surface area contributed by atoms with Gasteiger partial charge >= 0.3 is 5.97 Å². The van der Waals surface area contributed by atoms with Gasteiger partial charge in [-0.05, 0) is 13.8 Å². The topological polar surface area (TPSA) is 72.3 Å². The average Bonchev–Trinajstić information content (AvgIpc) is 2.02. The van der Waals surface area contributed by atoms with Crippen LogP contribution in [0.15, 0.2) is 0 Å². The first-order valence-electron chi connectivity index (χ1n) is 3.68. The minimum absolute atomic E-state index is 0.0903. The molecule has 1 aromatic rings. The molecule has 70 valence electrons. The summed E-state index contributed by atoms with van der Waals surface area (Å²) in [5.41, 5.74) is 0.444. The molecule has 1 N–H and O–H groups in total. The van der Waals surface area contributed by atoms with E-state index in [0.717, 1.165) is 0 Å². The van der Waals surface area contributed by atoms with Crippen molar-refractivity contribution in [3.8, 4) is 5.75 Å². The lowest BCUT2D eigenvalue weighted by Gasteiger charge is -2.06. The average molecular weight is 182 g/mol. The molecule has 5 heteroatoms. The molecule has 0 amide bonds. The zero-order valence-electron chi connectivity index (χ0n) is 7.66. The first-order valence-corrected chi connectivity index (χ1v) is 3.68. The lowest BCUT2D eigenvalue weighted by atomic mass is 10.3. The molecule has 1 aromatic heterocycles. The molecule has 0 saturated heterocycles. The molecular weight excluding hydrogens is 172 g/mol. The molecule has 0 radical (unpaired) electrons. The van der Waals surface area contributed by atoms with Gasteiger partial charge in [0.15, 0.2) is 11.4 Å². The Morgan fingerprint density at radius 2 is 2.00 bits per heavy atom. The summed E-state index contributed by atoms with van der Waals surface area (Å²) < 4.78 is 4.89. The van der Waals surface area contributed by atoms with Crippen molar-refractivity contribution < 1.29 is 14.6 Å². The minimum atomic E-state index is -1.11. The zero-order valence-corrected chi connectivity index (χ0v) is 7.66. The van der Waals surface area contributed by atoms with Crippen LogP contribution in [0.2, 0.25) is 0 Å². The summed E-state index contributed by atoms with van der Waals surface area (Å²) in [6.45, 7) is 3.32. The molecule has 0 fully saturated rings. The van der Waals surface area contributed by atoms with Crippen molar-refractivity contribution in [2.45, 2.75) is 13.8 Å². The summed E-state index contributed by atoms with van der Waals surface area (Å²) in [4.78, 5) is 18.5. The molecule has 5 nitrogen and oxygen atoms in total. The Morgan fingerprint density at radius 3 is 2.46 bits per heavy atom. The SMILES string of the molecule is COc1c(C)nc(C)nc1C(=O)O. The molecule has 13 heavy (non-hydrogen) atoms. The van der Waals surface area contributed by atoms with E-state index in [1.54, 1.807) is 13.8 Å². The second-order valence-corrected chi connectivity index (χ2v) is 2.54. The molecule has 1 heterocycles. The van der Waals surface area contributed by atoms with Crippen molar-refractivity contribution in [1.82, 2.24) is 9.97 Å². The number of aryl methyl sites for hydroxylation is 2. The Morgan fingerprint density at radius 1 is 1.38 bits per heavy atom. The van der Waals surface area contributed by atoms with Crippen LogP contribution >= 0.6 is 0 Å². The molecule has 0 aliphatic carbocycles. The largest absolute Gasteiger partial charge is 0.492 e. The Hall–Kier alpha value is -1.65. The smallest absolute Gasteiger partial charge is 0.358 e. The normalized spacial score (nSPS) is 9.77. The van der Waals surface area contributed by atoms with E-state index in [9.17, 15) is 4.79 Å². The van der Waals surface area contributed by atoms with Gasteiger partial charge in [0.05, 0.1) is 12.8 Å². The quantitative estimate of drug-likeness (QED) is 0.732. The van der Waals surface area contributed by atoms with E-state index in [4.69, 9.17) is 9.84 Å². The van der Waals surface area contributed by atoms with Gasteiger partial charge in [-0.2, -0.15) is 0 Å². The maximum absolute atomic E-state index is 10.7. The Kier molecular flexibility index (Phi) is 2.46. The van der Waals surface area contributed by atoms with Crippen molar-refractivity contribution >= 4 is 5.97 Å². The van der Waals surface area contributed by atoms with E-state index < -0.39 is 5.97 Å². The van der Waals surface area contributed by atoms with E-state index in [1.807, 2.05) is 0 Å². The first-order chi connectivity index (χ1) is 6.06. The zero-order chi connectivity index (χ0) is 10.0. The Balaban J connectivity index is 3.38. The molecule has 0 saturated carbocycles. The molecular formula is C8H10N2O3. The standard InChI is InChI=1S/C8H10N2O3/c1-4-7(13-3)6(8(11)12)10-5(2)9-4/h1-3H3,(H,11,12). The fourth-order valence-corrected chi connectivity index (χ4v) is 1.09. The molecule has 0 aliphatic rings. The van der Waals surface area contributed by atoms with Crippen LogP contribution < -0.4 is 4.74 Å². The van der Waals surface area contributed by atoms with Gasteiger partial charge in [-0.15, -0.1) is 0 Å². The van der Waals surface area contributed by atoms with E-state index in [2.05, 4.69) is 9.97 Å². The first kappa shape index (κ1) is 9.44. The fourth-order valence-electron chi connectivity index (χ4n) is 1.09. The number of aromatic nitrogens is 2. The molecule has 0 atom stereocenters. The number of ether oxygens (including phenoxy) is 1.